The van der Waals surface area contributed by atoms with Crippen molar-refractivity contribution in [3.05, 3.63) is 46.8 Å². The highest BCUT2D eigenvalue weighted by atomic mass is 19.1. The normalized spacial score (nSPS) is 14.6. The maximum Gasteiger partial charge on any atom is 0.151 e. The predicted octanol–water partition coefficient (Wildman–Crippen LogP) is 2.10. The quantitative estimate of drug-likeness (QED) is 0.838. The highest BCUT2D eigenvalue weighted by Crippen LogP contribution is 2.23. The fourth-order valence-corrected chi connectivity index (χ4v) is 2.37. The molecular formula is C13H13F2N3. The zero-order chi connectivity index (χ0) is 12.7. The zero-order valence-corrected chi connectivity index (χ0v) is 10.0. The monoisotopic (exact) mass is 249 g/mol. The number of rotatable bonds is 1. The van der Waals surface area contributed by atoms with Crippen molar-refractivity contribution in [2.24, 2.45) is 0 Å². The van der Waals surface area contributed by atoms with Crippen molar-refractivity contribution in [3.8, 4) is 5.69 Å². The van der Waals surface area contributed by atoms with E-state index in [0.29, 0.717) is 5.69 Å². The lowest BCUT2D eigenvalue weighted by Crippen LogP contribution is -2.24. The van der Waals surface area contributed by atoms with E-state index in [2.05, 4.69) is 10.4 Å². The highest BCUT2D eigenvalue weighted by Gasteiger charge is 2.20. The van der Waals surface area contributed by atoms with Crippen LogP contribution >= 0.6 is 0 Å². The van der Waals surface area contributed by atoms with Crippen molar-refractivity contribution in [1.29, 1.82) is 0 Å². The molecule has 0 fully saturated rings. The SMILES string of the molecule is Cc1nn(-c2ccc(F)cc2F)c2c1CNCC2. The van der Waals surface area contributed by atoms with Crippen molar-refractivity contribution in [2.75, 3.05) is 6.54 Å². The van der Waals surface area contributed by atoms with Gasteiger partial charge < -0.3 is 5.32 Å². The first-order chi connectivity index (χ1) is 8.66. The van der Waals surface area contributed by atoms with E-state index in [1.54, 1.807) is 4.68 Å². The second kappa shape index (κ2) is 4.17. The fourth-order valence-electron chi connectivity index (χ4n) is 2.37. The molecule has 0 saturated carbocycles. The van der Waals surface area contributed by atoms with Crippen LogP contribution in [0.25, 0.3) is 5.69 Å². The summed E-state index contributed by atoms with van der Waals surface area (Å²) in [6.07, 6.45) is 0.799. The summed E-state index contributed by atoms with van der Waals surface area (Å²) in [5.74, 6) is -1.16. The first-order valence-corrected chi connectivity index (χ1v) is 5.90. The van der Waals surface area contributed by atoms with E-state index in [1.807, 2.05) is 6.92 Å². The third kappa shape index (κ3) is 1.71. The van der Waals surface area contributed by atoms with Gasteiger partial charge in [-0.2, -0.15) is 5.10 Å². The number of hydrogen-bond acceptors (Lipinski definition) is 2. The minimum Gasteiger partial charge on any atom is -0.312 e. The van der Waals surface area contributed by atoms with Crippen molar-refractivity contribution < 1.29 is 8.78 Å². The van der Waals surface area contributed by atoms with E-state index in [-0.39, 0.29) is 0 Å². The number of halogens is 2. The molecule has 1 aliphatic heterocycles. The van der Waals surface area contributed by atoms with E-state index < -0.39 is 11.6 Å². The molecule has 0 atom stereocenters. The summed E-state index contributed by atoms with van der Waals surface area (Å²) in [5.41, 5.74) is 3.32. The summed E-state index contributed by atoms with van der Waals surface area (Å²) < 4.78 is 28.3. The summed E-state index contributed by atoms with van der Waals surface area (Å²) >= 11 is 0. The number of nitrogens with one attached hydrogen (secondary N) is 1. The first-order valence-electron chi connectivity index (χ1n) is 5.90. The lowest BCUT2D eigenvalue weighted by atomic mass is 10.1. The third-order valence-electron chi connectivity index (χ3n) is 3.27. The Labute approximate surface area is 103 Å². The molecule has 0 saturated heterocycles. The Bertz CT molecular complexity index is 605. The molecule has 0 spiro atoms. The maximum atomic E-state index is 13.8. The van der Waals surface area contributed by atoms with Crippen molar-refractivity contribution in [2.45, 2.75) is 19.9 Å². The topological polar surface area (TPSA) is 29.9 Å². The molecule has 1 aliphatic rings. The molecule has 0 amide bonds. The minimum absolute atomic E-state index is 0.308. The molecule has 0 unspecified atom stereocenters. The summed E-state index contributed by atoms with van der Waals surface area (Å²) in [7, 11) is 0. The molecule has 5 heteroatoms. The molecular weight excluding hydrogens is 236 g/mol. The smallest absolute Gasteiger partial charge is 0.151 e. The lowest BCUT2D eigenvalue weighted by Gasteiger charge is -2.15. The summed E-state index contributed by atoms with van der Waals surface area (Å²) in [4.78, 5) is 0. The van der Waals surface area contributed by atoms with E-state index in [0.717, 1.165) is 42.5 Å². The van der Waals surface area contributed by atoms with Crippen LogP contribution in [-0.2, 0) is 13.0 Å². The molecule has 1 aromatic carbocycles. The second-order valence-corrected chi connectivity index (χ2v) is 4.44. The Morgan fingerprint density at radius 2 is 2.17 bits per heavy atom. The molecule has 94 valence electrons. The Balaban J connectivity index is 2.17. The second-order valence-electron chi connectivity index (χ2n) is 4.44. The van der Waals surface area contributed by atoms with Crippen LogP contribution in [0.1, 0.15) is 17.0 Å². The maximum absolute atomic E-state index is 13.8. The van der Waals surface area contributed by atoms with Gasteiger partial charge in [-0.1, -0.05) is 0 Å². The highest BCUT2D eigenvalue weighted by molar-refractivity contribution is 5.39. The summed E-state index contributed by atoms with van der Waals surface area (Å²) in [5, 5.41) is 7.63. The van der Waals surface area contributed by atoms with E-state index in [4.69, 9.17) is 0 Å². The van der Waals surface area contributed by atoms with Crippen molar-refractivity contribution in [3.63, 3.8) is 0 Å². The van der Waals surface area contributed by atoms with Gasteiger partial charge in [0.1, 0.15) is 11.5 Å². The summed E-state index contributed by atoms with van der Waals surface area (Å²) in [6.45, 7) is 3.51. The van der Waals surface area contributed by atoms with Crippen molar-refractivity contribution in [1.82, 2.24) is 15.1 Å². The van der Waals surface area contributed by atoms with Gasteiger partial charge in [0.2, 0.25) is 0 Å². The van der Waals surface area contributed by atoms with Crippen LogP contribution in [0, 0.1) is 18.6 Å². The van der Waals surface area contributed by atoms with Gasteiger partial charge in [-0.25, -0.2) is 13.5 Å². The number of benzene rings is 1. The van der Waals surface area contributed by atoms with Crippen LogP contribution in [0.5, 0.6) is 0 Å². The van der Waals surface area contributed by atoms with Crippen LogP contribution < -0.4 is 5.32 Å². The molecule has 1 aromatic heterocycles. The third-order valence-corrected chi connectivity index (χ3v) is 3.27. The molecule has 0 radical (unpaired) electrons. The Hall–Kier alpha value is -1.75. The van der Waals surface area contributed by atoms with E-state index in [9.17, 15) is 8.78 Å². The zero-order valence-electron chi connectivity index (χ0n) is 10.0. The standard InChI is InChI=1S/C13H13F2N3/c1-8-10-7-16-5-4-12(10)18(17-8)13-3-2-9(14)6-11(13)15/h2-3,6,16H,4-5,7H2,1H3. The van der Waals surface area contributed by atoms with Gasteiger partial charge in [-0.15, -0.1) is 0 Å². The van der Waals surface area contributed by atoms with Gasteiger partial charge in [0.15, 0.2) is 5.82 Å². The summed E-state index contributed by atoms with van der Waals surface area (Å²) in [6, 6.07) is 3.57. The van der Waals surface area contributed by atoms with Gasteiger partial charge in [-0.3, -0.25) is 0 Å². The molecule has 1 N–H and O–H groups in total. The molecule has 2 aromatic rings. The Morgan fingerprint density at radius 3 is 2.94 bits per heavy atom. The molecule has 3 rings (SSSR count). The largest absolute Gasteiger partial charge is 0.312 e. The van der Waals surface area contributed by atoms with Crippen LogP contribution in [0.15, 0.2) is 18.2 Å². The van der Waals surface area contributed by atoms with Gasteiger partial charge >= 0.3 is 0 Å². The van der Waals surface area contributed by atoms with Gasteiger partial charge in [0.25, 0.3) is 0 Å². The van der Waals surface area contributed by atoms with Gasteiger partial charge in [-0.05, 0) is 19.1 Å². The lowest BCUT2D eigenvalue weighted by molar-refractivity contribution is 0.566. The number of fused-ring (bicyclic) bond motifs is 1. The van der Waals surface area contributed by atoms with Gasteiger partial charge in [0, 0.05) is 31.1 Å². The van der Waals surface area contributed by atoms with Crippen LogP contribution in [0.3, 0.4) is 0 Å². The molecule has 0 bridgehead atoms. The average Bonchev–Trinajstić information content (AvgIpc) is 2.68. The fraction of sp³-hybridized carbons (Fsp3) is 0.308. The van der Waals surface area contributed by atoms with E-state index in [1.165, 1.54) is 12.1 Å². The molecule has 0 aliphatic carbocycles. The van der Waals surface area contributed by atoms with E-state index >= 15 is 0 Å². The van der Waals surface area contributed by atoms with Crippen molar-refractivity contribution >= 4 is 0 Å². The Kier molecular flexibility index (Phi) is 2.63. The van der Waals surface area contributed by atoms with Crippen LogP contribution in [0.4, 0.5) is 8.78 Å². The molecule has 18 heavy (non-hydrogen) atoms. The van der Waals surface area contributed by atoms with Gasteiger partial charge in [0.05, 0.1) is 11.4 Å². The Morgan fingerprint density at radius 1 is 1.33 bits per heavy atom. The number of aromatic nitrogens is 2. The number of nitrogens with zero attached hydrogens (tertiary/aromatic N) is 2. The van der Waals surface area contributed by atoms with Crippen LogP contribution in [0.2, 0.25) is 0 Å². The predicted molar refractivity (Wildman–Crippen MR) is 63.6 cm³/mol. The minimum atomic E-state index is -0.584. The van der Waals surface area contributed by atoms with Crippen LogP contribution in [-0.4, -0.2) is 16.3 Å². The first kappa shape index (κ1) is 11.3. The average molecular weight is 249 g/mol. The number of hydrogen-bond donors (Lipinski definition) is 1. The molecule has 2 heterocycles. The molecule has 3 nitrogen and oxygen atoms in total. The number of aryl methyl sites for hydroxylation is 1.